The van der Waals surface area contributed by atoms with Crippen molar-refractivity contribution in [3.8, 4) is 11.3 Å². The van der Waals surface area contributed by atoms with Crippen molar-refractivity contribution in [3.63, 3.8) is 0 Å². The van der Waals surface area contributed by atoms with Gasteiger partial charge in [0, 0.05) is 69.6 Å². The molecule has 0 unspecified atom stereocenters. The third kappa shape index (κ3) is 4.26. The number of urea groups is 1. The van der Waals surface area contributed by atoms with Crippen LogP contribution in [0, 0.1) is 0 Å². The first-order valence-electron chi connectivity index (χ1n) is 11.0. The molecule has 174 valence electrons. The average molecular weight is 454 g/mol. The minimum Gasteiger partial charge on any atom is -0.383 e. The number of nitrogens with one attached hydrogen (secondary N) is 1. The first-order chi connectivity index (χ1) is 16.1. The first-order valence-corrected chi connectivity index (χ1v) is 11.0. The lowest BCUT2D eigenvalue weighted by atomic mass is 10.1. The number of aromatic nitrogens is 5. The number of fused-ring (bicyclic) bond motifs is 3. The van der Waals surface area contributed by atoms with Gasteiger partial charge in [0.25, 0.3) is 0 Å². The van der Waals surface area contributed by atoms with E-state index >= 15 is 0 Å². The molecule has 2 amide bonds. The molecule has 5 heterocycles. The molecule has 3 aromatic heterocycles. The second-order valence-corrected chi connectivity index (χ2v) is 7.97. The molecule has 0 aliphatic carbocycles. The summed E-state index contributed by atoms with van der Waals surface area (Å²) in [6, 6.07) is -0.110. The molecule has 12 heteroatoms. The Morgan fingerprint density at radius 1 is 1.21 bits per heavy atom. The number of imidazole rings is 1. The molecule has 1 fully saturated rings. The Morgan fingerprint density at radius 2 is 2.00 bits per heavy atom. The second kappa shape index (κ2) is 9.16. The number of nitrogen functional groups attached to an aromatic ring is 1. The van der Waals surface area contributed by atoms with Crippen LogP contribution in [0.15, 0.2) is 18.6 Å². The fourth-order valence-electron chi connectivity index (χ4n) is 4.16. The van der Waals surface area contributed by atoms with Crippen molar-refractivity contribution in [1.29, 1.82) is 0 Å². The van der Waals surface area contributed by atoms with Crippen LogP contribution in [0.2, 0.25) is 0 Å². The lowest BCUT2D eigenvalue weighted by Gasteiger charge is -2.28. The highest BCUT2D eigenvalue weighted by Crippen LogP contribution is 2.29. The molecule has 0 spiro atoms. The monoisotopic (exact) mass is 453 g/mol. The number of carbonyl (C=O) groups excluding carboxylic acids is 1. The van der Waals surface area contributed by atoms with Gasteiger partial charge in [-0.15, -0.1) is 0 Å². The SMILES string of the molecule is COCCNC(=O)N1CCc2c(nc3c(N4CCOCC4)nc(-c4cnc(N)nc4)cn23)C1. The zero-order chi connectivity index (χ0) is 22.8. The quantitative estimate of drug-likeness (QED) is 0.523. The molecule has 1 saturated heterocycles. The number of nitrogens with two attached hydrogens (primary N) is 1. The number of carbonyl (C=O) groups is 1. The normalized spacial score (nSPS) is 16.2. The molecule has 3 aromatic rings. The molecule has 12 nitrogen and oxygen atoms in total. The summed E-state index contributed by atoms with van der Waals surface area (Å²) in [6.07, 6.45) is 6.01. The van der Waals surface area contributed by atoms with Crippen molar-refractivity contribution < 1.29 is 14.3 Å². The van der Waals surface area contributed by atoms with E-state index in [2.05, 4.69) is 24.6 Å². The molecule has 2 aliphatic rings. The van der Waals surface area contributed by atoms with E-state index in [0.717, 1.165) is 47.2 Å². The predicted octanol–water partition coefficient (Wildman–Crippen LogP) is 0.319. The highest BCUT2D eigenvalue weighted by atomic mass is 16.5. The maximum atomic E-state index is 12.5. The summed E-state index contributed by atoms with van der Waals surface area (Å²) in [5, 5.41) is 2.88. The Balaban J connectivity index is 1.53. The first kappa shape index (κ1) is 21.3. The van der Waals surface area contributed by atoms with Crippen LogP contribution in [0.5, 0.6) is 0 Å². The van der Waals surface area contributed by atoms with E-state index in [-0.39, 0.29) is 12.0 Å². The summed E-state index contributed by atoms with van der Waals surface area (Å²) in [4.78, 5) is 34.6. The Hall–Kier alpha value is -3.51. The van der Waals surface area contributed by atoms with Crippen molar-refractivity contribution in [2.75, 3.05) is 63.7 Å². The van der Waals surface area contributed by atoms with Crippen LogP contribution in [0.3, 0.4) is 0 Å². The number of methoxy groups -OCH3 is 1. The van der Waals surface area contributed by atoms with Gasteiger partial charge in [0.05, 0.1) is 37.8 Å². The third-order valence-corrected chi connectivity index (χ3v) is 5.88. The molecular formula is C21H27N9O3. The van der Waals surface area contributed by atoms with Gasteiger partial charge in [-0.05, 0) is 0 Å². The molecule has 5 rings (SSSR count). The molecule has 0 aromatic carbocycles. The summed E-state index contributed by atoms with van der Waals surface area (Å²) >= 11 is 0. The second-order valence-electron chi connectivity index (χ2n) is 7.97. The van der Waals surface area contributed by atoms with Gasteiger partial charge >= 0.3 is 6.03 Å². The zero-order valence-corrected chi connectivity index (χ0v) is 18.5. The van der Waals surface area contributed by atoms with Gasteiger partial charge < -0.3 is 30.3 Å². The minimum atomic E-state index is -0.110. The van der Waals surface area contributed by atoms with Crippen molar-refractivity contribution in [1.82, 2.24) is 34.6 Å². The van der Waals surface area contributed by atoms with Crippen molar-refractivity contribution in [3.05, 3.63) is 30.0 Å². The third-order valence-electron chi connectivity index (χ3n) is 5.88. The summed E-state index contributed by atoms with van der Waals surface area (Å²) in [7, 11) is 1.61. The van der Waals surface area contributed by atoms with Crippen LogP contribution in [-0.4, -0.2) is 88.4 Å². The molecule has 0 bridgehead atoms. The van der Waals surface area contributed by atoms with Crippen LogP contribution >= 0.6 is 0 Å². The van der Waals surface area contributed by atoms with E-state index in [1.165, 1.54) is 0 Å². The molecule has 0 saturated carbocycles. The van der Waals surface area contributed by atoms with Crippen molar-refractivity contribution in [2.45, 2.75) is 13.0 Å². The van der Waals surface area contributed by atoms with Crippen LogP contribution in [0.4, 0.5) is 16.6 Å². The Morgan fingerprint density at radius 3 is 2.76 bits per heavy atom. The lowest BCUT2D eigenvalue weighted by molar-refractivity contribution is 0.122. The predicted molar refractivity (Wildman–Crippen MR) is 121 cm³/mol. The average Bonchev–Trinajstić information content (AvgIpc) is 3.22. The van der Waals surface area contributed by atoms with Crippen LogP contribution < -0.4 is 16.0 Å². The van der Waals surface area contributed by atoms with E-state index in [1.807, 2.05) is 6.20 Å². The molecule has 0 radical (unpaired) electrons. The lowest BCUT2D eigenvalue weighted by Crippen LogP contribution is -2.43. The maximum absolute atomic E-state index is 12.5. The number of hydrogen-bond acceptors (Lipinski definition) is 9. The Labute approximate surface area is 190 Å². The van der Waals surface area contributed by atoms with Crippen LogP contribution in [0.1, 0.15) is 11.4 Å². The van der Waals surface area contributed by atoms with E-state index < -0.39 is 0 Å². The standard InChI is InChI=1S/C21H27N9O3/c1-32-7-3-23-21(31)29-4-2-17-16(12-29)27-19-18(28-5-8-33-9-6-28)26-15(13-30(17)19)14-10-24-20(22)25-11-14/h10-11,13H,2-9,12H2,1H3,(H,23,31)(H2,22,24,25). The van der Waals surface area contributed by atoms with Gasteiger partial charge in [0.2, 0.25) is 5.95 Å². The van der Waals surface area contributed by atoms with Gasteiger partial charge in [-0.2, -0.15) is 0 Å². The Kier molecular flexibility index (Phi) is 5.92. The van der Waals surface area contributed by atoms with E-state index in [1.54, 1.807) is 24.4 Å². The minimum absolute atomic E-state index is 0.110. The molecule has 3 N–H and O–H groups in total. The number of nitrogens with zero attached hydrogens (tertiary/aromatic N) is 7. The van der Waals surface area contributed by atoms with E-state index in [9.17, 15) is 4.79 Å². The molecule has 2 aliphatic heterocycles. The Bertz CT molecular complexity index is 1140. The van der Waals surface area contributed by atoms with Gasteiger partial charge in [0.15, 0.2) is 11.5 Å². The number of morpholine rings is 1. The molecule has 0 atom stereocenters. The summed E-state index contributed by atoms with van der Waals surface area (Å²) in [5.41, 5.74) is 9.93. The molecule has 33 heavy (non-hydrogen) atoms. The van der Waals surface area contributed by atoms with E-state index in [4.69, 9.17) is 25.2 Å². The van der Waals surface area contributed by atoms with E-state index in [0.29, 0.717) is 45.9 Å². The van der Waals surface area contributed by atoms with Crippen molar-refractivity contribution >= 4 is 23.4 Å². The largest absolute Gasteiger partial charge is 0.383 e. The van der Waals surface area contributed by atoms with Crippen molar-refractivity contribution in [2.24, 2.45) is 0 Å². The smallest absolute Gasteiger partial charge is 0.317 e. The number of hydrogen-bond donors (Lipinski definition) is 2. The zero-order valence-electron chi connectivity index (χ0n) is 18.5. The summed E-state index contributed by atoms with van der Waals surface area (Å²) < 4.78 is 12.6. The van der Waals surface area contributed by atoms with Gasteiger partial charge in [-0.1, -0.05) is 0 Å². The number of amides is 2. The molecular weight excluding hydrogens is 426 g/mol. The van der Waals surface area contributed by atoms with Gasteiger partial charge in [-0.3, -0.25) is 4.40 Å². The fraction of sp³-hybridized carbons (Fsp3) is 0.476. The van der Waals surface area contributed by atoms with Gasteiger partial charge in [-0.25, -0.2) is 24.7 Å². The highest BCUT2D eigenvalue weighted by molar-refractivity contribution is 5.75. The fourth-order valence-corrected chi connectivity index (χ4v) is 4.16. The maximum Gasteiger partial charge on any atom is 0.317 e. The van der Waals surface area contributed by atoms with Gasteiger partial charge in [0.1, 0.15) is 0 Å². The summed E-state index contributed by atoms with van der Waals surface area (Å²) in [5.74, 6) is 1.01. The van der Waals surface area contributed by atoms with Crippen LogP contribution in [-0.2, 0) is 22.4 Å². The number of anilines is 2. The highest BCUT2D eigenvalue weighted by Gasteiger charge is 2.28. The number of rotatable bonds is 5. The van der Waals surface area contributed by atoms with Crippen LogP contribution in [0.25, 0.3) is 16.9 Å². The number of ether oxygens (including phenoxy) is 2. The topological polar surface area (TPSA) is 136 Å². The summed E-state index contributed by atoms with van der Waals surface area (Å²) in [6.45, 7) is 4.74.